The van der Waals surface area contributed by atoms with Crippen molar-refractivity contribution in [3.8, 4) is 0 Å². The topological polar surface area (TPSA) is 29.1 Å². The molecule has 0 aliphatic carbocycles. The van der Waals surface area contributed by atoms with Gasteiger partial charge in [-0.2, -0.15) is 0 Å². The van der Waals surface area contributed by atoms with Crippen LogP contribution in [0.1, 0.15) is 56.3 Å². The largest absolute Gasteiger partial charge is 0.350 e. The van der Waals surface area contributed by atoms with Crippen molar-refractivity contribution in [2.75, 3.05) is 0 Å². The number of benzene rings is 1. The van der Waals surface area contributed by atoms with Gasteiger partial charge in [-0.25, -0.2) is 0 Å². The summed E-state index contributed by atoms with van der Waals surface area (Å²) in [5.74, 6) is -0.0117. The number of amides is 1. The van der Waals surface area contributed by atoms with Crippen molar-refractivity contribution in [1.82, 2.24) is 5.32 Å². The monoisotopic (exact) mass is 389 g/mol. The normalized spacial score (nSPS) is 12.2. The highest BCUT2D eigenvalue weighted by molar-refractivity contribution is 9.11. The molecule has 1 aromatic carbocycles. The van der Waals surface area contributed by atoms with Crippen molar-refractivity contribution in [3.05, 3.63) is 32.7 Å². The van der Waals surface area contributed by atoms with Crippen molar-refractivity contribution < 1.29 is 4.79 Å². The van der Waals surface area contributed by atoms with E-state index in [1.54, 1.807) is 0 Å². The first-order chi connectivity index (χ1) is 9.04. The van der Waals surface area contributed by atoms with E-state index in [4.69, 9.17) is 0 Å². The molecule has 0 fully saturated rings. The minimum atomic E-state index is -0.0117. The van der Waals surface area contributed by atoms with Crippen LogP contribution in [0.2, 0.25) is 0 Å². The Labute approximate surface area is 132 Å². The van der Waals surface area contributed by atoms with Crippen LogP contribution in [0.15, 0.2) is 27.1 Å². The summed E-state index contributed by atoms with van der Waals surface area (Å²) in [6, 6.07) is 5.82. The molecule has 0 radical (unpaired) electrons. The average Bonchev–Trinajstić information content (AvgIpc) is 2.34. The molecular weight excluding hydrogens is 370 g/mol. The van der Waals surface area contributed by atoms with Crippen LogP contribution in [0.25, 0.3) is 0 Å². The van der Waals surface area contributed by atoms with E-state index in [1.807, 2.05) is 18.2 Å². The summed E-state index contributed by atoms with van der Waals surface area (Å²) >= 11 is 6.80. The minimum absolute atomic E-state index is 0.0117. The predicted octanol–water partition coefficient (Wildman–Crippen LogP) is 5.30. The van der Waals surface area contributed by atoms with Crippen LogP contribution in [0.5, 0.6) is 0 Å². The van der Waals surface area contributed by atoms with Gasteiger partial charge in [0, 0.05) is 15.0 Å². The first kappa shape index (κ1) is 16.7. The summed E-state index contributed by atoms with van der Waals surface area (Å²) in [4.78, 5) is 12.1. The predicted molar refractivity (Wildman–Crippen MR) is 87.5 cm³/mol. The van der Waals surface area contributed by atoms with Crippen LogP contribution < -0.4 is 5.32 Å². The molecule has 0 aromatic heterocycles. The Kier molecular flexibility index (Phi) is 7.69. The molecule has 0 aliphatic heterocycles. The number of halogens is 2. The minimum Gasteiger partial charge on any atom is -0.350 e. The molecule has 1 amide bonds. The van der Waals surface area contributed by atoms with Gasteiger partial charge in [-0.05, 0) is 47.5 Å². The number of rotatable bonds is 7. The Balaban J connectivity index is 2.45. The van der Waals surface area contributed by atoms with Gasteiger partial charge < -0.3 is 5.32 Å². The lowest BCUT2D eigenvalue weighted by Gasteiger charge is -2.14. The quantitative estimate of drug-likeness (QED) is 0.628. The highest BCUT2D eigenvalue weighted by Crippen LogP contribution is 2.22. The van der Waals surface area contributed by atoms with Gasteiger partial charge in [0.25, 0.3) is 5.91 Å². The van der Waals surface area contributed by atoms with Gasteiger partial charge in [-0.3, -0.25) is 4.79 Å². The second-order valence-corrected chi connectivity index (χ2v) is 6.62. The van der Waals surface area contributed by atoms with Crippen LogP contribution in [-0.4, -0.2) is 11.9 Å². The molecule has 1 atom stereocenters. The summed E-state index contributed by atoms with van der Waals surface area (Å²) in [5, 5.41) is 3.05. The maximum absolute atomic E-state index is 12.1. The van der Waals surface area contributed by atoms with E-state index >= 15 is 0 Å². The summed E-state index contributed by atoms with van der Waals surface area (Å²) in [6.45, 7) is 4.27. The molecule has 1 unspecified atom stereocenters. The average molecular weight is 391 g/mol. The highest BCUT2D eigenvalue weighted by Gasteiger charge is 2.12. The zero-order valence-electron chi connectivity index (χ0n) is 11.5. The summed E-state index contributed by atoms with van der Waals surface area (Å²) in [6.07, 6.45) is 5.99. The van der Waals surface area contributed by atoms with Crippen molar-refractivity contribution in [3.63, 3.8) is 0 Å². The van der Waals surface area contributed by atoms with Gasteiger partial charge in [-0.15, -0.1) is 0 Å². The zero-order valence-corrected chi connectivity index (χ0v) is 14.7. The van der Waals surface area contributed by atoms with Crippen LogP contribution in [-0.2, 0) is 0 Å². The number of carbonyl (C=O) groups is 1. The third-order valence-corrected chi connectivity index (χ3v) is 4.19. The molecule has 0 aliphatic rings. The lowest BCUT2D eigenvalue weighted by molar-refractivity contribution is 0.0937. The van der Waals surface area contributed by atoms with E-state index in [2.05, 4.69) is 51.0 Å². The molecule has 106 valence electrons. The SMILES string of the molecule is CCCCCCC(C)NC(=O)c1ccc(Br)cc1Br. The molecule has 0 saturated heterocycles. The molecular formula is C15H21Br2NO. The number of nitrogens with one attached hydrogen (secondary N) is 1. The maximum atomic E-state index is 12.1. The molecule has 4 heteroatoms. The fourth-order valence-electron chi connectivity index (χ4n) is 1.92. The summed E-state index contributed by atoms with van der Waals surface area (Å²) < 4.78 is 1.78. The zero-order chi connectivity index (χ0) is 14.3. The van der Waals surface area contributed by atoms with Crippen LogP contribution >= 0.6 is 31.9 Å². The number of unbranched alkanes of at least 4 members (excludes halogenated alkanes) is 3. The van der Waals surface area contributed by atoms with Crippen molar-refractivity contribution in [2.24, 2.45) is 0 Å². The Morgan fingerprint density at radius 2 is 2.00 bits per heavy atom. The molecule has 0 heterocycles. The molecule has 1 aromatic rings. The van der Waals surface area contributed by atoms with Gasteiger partial charge in [0.2, 0.25) is 0 Å². The first-order valence-electron chi connectivity index (χ1n) is 6.80. The molecule has 1 N–H and O–H groups in total. The van der Waals surface area contributed by atoms with Gasteiger partial charge in [-0.1, -0.05) is 48.5 Å². The smallest absolute Gasteiger partial charge is 0.252 e. The third-order valence-electron chi connectivity index (χ3n) is 3.04. The second kappa shape index (κ2) is 8.75. The standard InChI is InChI=1S/C15H21Br2NO/c1-3-4-5-6-7-11(2)18-15(19)13-9-8-12(16)10-14(13)17/h8-11H,3-7H2,1-2H3,(H,18,19). The van der Waals surface area contributed by atoms with Crippen molar-refractivity contribution in [2.45, 2.75) is 52.0 Å². The number of hydrogen-bond donors (Lipinski definition) is 1. The summed E-state index contributed by atoms with van der Waals surface area (Å²) in [5.41, 5.74) is 0.684. The fraction of sp³-hybridized carbons (Fsp3) is 0.533. The van der Waals surface area contributed by atoms with E-state index in [9.17, 15) is 4.79 Å². The van der Waals surface area contributed by atoms with Gasteiger partial charge in [0.15, 0.2) is 0 Å². The maximum Gasteiger partial charge on any atom is 0.252 e. The highest BCUT2D eigenvalue weighted by atomic mass is 79.9. The van der Waals surface area contributed by atoms with Gasteiger partial charge in [0.05, 0.1) is 5.56 Å². The molecule has 19 heavy (non-hydrogen) atoms. The van der Waals surface area contributed by atoms with E-state index in [0.29, 0.717) is 5.56 Å². The lowest BCUT2D eigenvalue weighted by atomic mass is 10.1. The molecule has 1 rings (SSSR count). The molecule has 0 spiro atoms. The Hall–Kier alpha value is -0.350. The van der Waals surface area contributed by atoms with E-state index in [0.717, 1.165) is 15.4 Å². The second-order valence-electron chi connectivity index (χ2n) is 4.85. The third kappa shape index (κ3) is 6.09. The van der Waals surface area contributed by atoms with E-state index in [-0.39, 0.29) is 11.9 Å². The van der Waals surface area contributed by atoms with Crippen molar-refractivity contribution >= 4 is 37.8 Å². The van der Waals surface area contributed by atoms with E-state index < -0.39 is 0 Å². The number of carbonyl (C=O) groups excluding carboxylic acids is 1. The number of hydrogen-bond acceptors (Lipinski definition) is 1. The van der Waals surface area contributed by atoms with Crippen molar-refractivity contribution in [1.29, 1.82) is 0 Å². The Bertz CT molecular complexity index is 421. The van der Waals surface area contributed by atoms with Crippen LogP contribution in [0.3, 0.4) is 0 Å². The molecule has 0 saturated carbocycles. The fourth-order valence-corrected chi connectivity index (χ4v) is 3.15. The Morgan fingerprint density at radius 3 is 2.63 bits per heavy atom. The van der Waals surface area contributed by atoms with Crippen LogP contribution in [0, 0.1) is 0 Å². The van der Waals surface area contributed by atoms with Gasteiger partial charge >= 0.3 is 0 Å². The Morgan fingerprint density at radius 1 is 1.26 bits per heavy atom. The van der Waals surface area contributed by atoms with E-state index in [1.165, 1.54) is 25.7 Å². The lowest BCUT2D eigenvalue weighted by Crippen LogP contribution is -2.32. The first-order valence-corrected chi connectivity index (χ1v) is 8.39. The van der Waals surface area contributed by atoms with Crippen LogP contribution in [0.4, 0.5) is 0 Å². The van der Waals surface area contributed by atoms with Gasteiger partial charge in [0.1, 0.15) is 0 Å². The molecule has 2 nitrogen and oxygen atoms in total. The summed E-state index contributed by atoms with van der Waals surface area (Å²) in [7, 11) is 0. The molecule has 0 bridgehead atoms.